The number of ether oxygens (including phenoxy) is 2. The first-order chi connectivity index (χ1) is 13.7. The second-order valence-corrected chi connectivity index (χ2v) is 7.77. The average Bonchev–Trinajstić information content (AvgIpc) is 3.38. The van der Waals surface area contributed by atoms with E-state index < -0.39 is 0 Å². The van der Waals surface area contributed by atoms with Crippen LogP contribution in [0.2, 0.25) is 0 Å². The Hall–Kier alpha value is -2.99. The molecular weight excluding hydrogens is 372 g/mol. The normalized spacial score (nSPS) is 20.2. The zero-order chi connectivity index (χ0) is 19.1. The van der Waals surface area contributed by atoms with Gasteiger partial charge in [0.15, 0.2) is 11.5 Å². The lowest BCUT2D eigenvalue weighted by Crippen LogP contribution is -2.33. The van der Waals surface area contributed by atoms with Gasteiger partial charge < -0.3 is 14.6 Å². The number of thiophene rings is 1. The fourth-order valence-corrected chi connectivity index (χ4v) is 4.58. The number of benzene rings is 2. The van der Waals surface area contributed by atoms with Crippen LogP contribution in [0.5, 0.6) is 17.2 Å². The summed E-state index contributed by atoms with van der Waals surface area (Å²) < 4.78 is 12.3. The minimum atomic E-state index is -0.297. The number of rotatable bonds is 4. The Bertz CT molecular complexity index is 1030. The maximum atomic E-state index is 9.88. The van der Waals surface area contributed by atoms with E-state index in [1.54, 1.807) is 23.5 Å². The van der Waals surface area contributed by atoms with Gasteiger partial charge in [0.1, 0.15) is 5.75 Å². The van der Waals surface area contributed by atoms with Crippen LogP contribution in [-0.2, 0) is 0 Å². The lowest BCUT2D eigenvalue weighted by Gasteiger charge is -2.38. The van der Waals surface area contributed by atoms with Crippen LogP contribution in [-0.4, -0.2) is 22.4 Å². The first kappa shape index (κ1) is 17.1. The number of fused-ring (bicyclic) bond motifs is 3. The van der Waals surface area contributed by atoms with Crippen LogP contribution in [0.25, 0.3) is 0 Å². The van der Waals surface area contributed by atoms with Crippen molar-refractivity contribution in [3.8, 4) is 17.2 Å². The third-order valence-corrected chi connectivity index (χ3v) is 5.95. The summed E-state index contributed by atoms with van der Waals surface area (Å²) in [5, 5.41) is 18.9. The van der Waals surface area contributed by atoms with Crippen molar-refractivity contribution in [3.63, 3.8) is 0 Å². The molecule has 2 aromatic carbocycles. The number of para-hydroxylation sites is 1. The van der Waals surface area contributed by atoms with E-state index in [-0.39, 0.29) is 18.0 Å². The van der Waals surface area contributed by atoms with Gasteiger partial charge in [-0.1, -0.05) is 30.3 Å². The first-order valence-electron chi connectivity index (χ1n) is 9.35. The number of nitrogens with zero attached hydrogens (tertiary/aromatic N) is 2. The minimum Gasteiger partial charge on any atom is -0.508 e. The van der Waals surface area contributed by atoms with Crippen molar-refractivity contribution in [1.82, 2.24) is 5.01 Å². The second-order valence-electron chi connectivity index (χ2n) is 6.79. The van der Waals surface area contributed by atoms with Crippen molar-refractivity contribution in [2.45, 2.75) is 25.6 Å². The number of aromatic hydroxyl groups is 1. The van der Waals surface area contributed by atoms with Crippen LogP contribution < -0.4 is 9.47 Å². The van der Waals surface area contributed by atoms with Crippen LogP contribution in [0.3, 0.4) is 0 Å². The van der Waals surface area contributed by atoms with Gasteiger partial charge in [-0.05, 0) is 36.6 Å². The standard InChI is InChI=1S/C22H20N2O3S/c1-2-26-19-9-4-8-16-18-13-17(14-6-3-7-15(25)12-14)23-24(18)22(27-21(16)19)20-10-5-11-28-20/h3-12,18,22,25H,2,13H2,1H3/t18-,22+/m0/s1. The maximum absolute atomic E-state index is 9.88. The molecule has 3 heterocycles. The summed E-state index contributed by atoms with van der Waals surface area (Å²) in [7, 11) is 0. The molecule has 0 saturated carbocycles. The summed E-state index contributed by atoms with van der Waals surface area (Å²) >= 11 is 1.66. The van der Waals surface area contributed by atoms with Gasteiger partial charge in [0.05, 0.1) is 23.2 Å². The molecule has 0 spiro atoms. The van der Waals surface area contributed by atoms with E-state index in [9.17, 15) is 5.11 Å². The fraction of sp³-hybridized carbons (Fsp3) is 0.227. The lowest BCUT2D eigenvalue weighted by atomic mass is 9.96. The van der Waals surface area contributed by atoms with E-state index in [4.69, 9.17) is 14.6 Å². The van der Waals surface area contributed by atoms with E-state index in [2.05, 4.69) is 12.1 Å². The molecule has 2 atom stereocenters. The molecule has 28 heavy (non-hydrogen) atoms. The fourth-order valence-electron chi connectivity index (χ4n) is 3.83. The molecule has 2 aliphatic heterocycles. The van der Waals surface area contributed by atoms with Gasteiger partial charge in [0.2, 0.25) is 6.23 Å². The van der Waals surface area contributed by atoms with Gasteiger partial charge in [-0.15, -0.1) is 11.3 Å². The van der Waals surface area contributed by atoms with Crippen LogP contribution in [0, 0.1) is 0 Å². The van der Waals surface area contributed by atoms with Crippen molar-refractivity contribution < 1.29 is 14.6 Å². The van der Waals surface area contributed by atoms with Crippen molar-refractivity contribution in [3.05, 3.63) is 76.0 Å². The van der Waals surface area contributed by atoms with Gasteiger partial charge in [0, 0.05) is 17.5 Å². The minimum absolute atomic E-state index is 0.0635. The molecule has 6 heteroatoms. The molecule has 0 bridgehead atoms. The number of phenolic OH excluding ortho intramolecular Hbond substituents is 1. The predicted octanol–water partition coefficient (Wildman–Crippen LogP) is 5.09. The molecule has 0 fully saturated rings. The van der Waals surface area contributed by atoms with E-state index >= 15 is 0 Å². The van der Waals surface area contributed by atoms with E-state index in [0.717, 1.165) is 39.6 Å². The molecule has 1 aromatic heterocycles. The highest BCUT2D eigenvalue weighted by molar-refractivity contribution is 7.10. The Labute approximate surface area is 167 Å². The van der Waals surface area contributed by atoms with E-state index in [1.165, 1.54) is 0 Å². The maximum Gasteiger partial charge on any atom is 0.223 e. The summed E-state index contributed by atoms with van der Waals surface area (Å²) in [6.07, 6.45) is 0.450. The molecular formula is C22H20N2O3S. The summed E-state index contributed by atoms with van der Waals surface area (Å²) in [4.78, 5) is 1.10. The molecule has 0 saturated heterocycles. The van der Waals surface area contributed by atoms with Gasteiger partial charge in [-0.25, -0.2) is 5.01 Å². The van der Waals surface area contributed by atoms with Gasteiger partial charge in [0.25, 0.3) is 0 Å². The van der Waals surface area contributed by atoms with Crippen LogP contribution >= 0.6 is 11.3 Å². The summed E-state index contributed by atoms with van der Waals surface area (Å²) in [5.41, 5.74) is 2.96. The van der Waals surface area contributed by atoms with Crippen molar-refractivity contribution in [1.29, 1.82) is 0 Å². The topological polar surface area (TPSA) is 54.3 Å². The van der Waals surface area contributed by atoms with Crippen LogP contribution in [0.1, 0.15) is 41.6 Å². The van der Waals surface area contributed by atoms with Gasteiger partial charge in [-0.2, -0.15) is 5.10 Å². The molecule has 0 unspecified atom stereocenters. The van der Waals surface area contributed by atoms with Crippen molar-refractivity contribution in [2.75, 3.05) is 6.61 Å². The average molecular weight is 392 g/mol. The molecule has 142 valence electrons. The third-order valence-electron chi connectivity index (χ3n) is 5.05. The lowest BCUT2D eigenvalue weighted by molar-refractivity contribution is -0.0188. The molecule has 3 aromatic rings. The Morgan fingerprint density at radius 1 is 1.21 bits per heavy atom. The van der Waals surface area contributed by atoms with Gasteiger partial charge >= 0.3 is 0 Å². The molecule has 5 rings (SSSR count). The quantitative estimate of drug-likeness (QED) is 0.672. The Morgan fingerprint density at radius 3 is 2.89 bits per heavy atom. The first-order valence-corrected chi connectivity index (χ1v) is 10.2. The second kappa shape index (κ2) is 6.87. The molecule has 0 radical (unpaired) electrons. The largest absolute Gasteiger partial charge is 0.508 e. The highest BCUT2D eigenvalue weighted by atomic mass is 32.1. The molecule has 5 nitrogen and oxygen atoms in total. The Kier molecular flexibility index (Phi) is 4.20. The van der Waals surface area contributed by atoms with Crippen molar-refractivity contribution in [2.24, 2.45) is 5.10 Å². The monoisotopic (exact) mass is 392 g/mol. The summed E-state index contributed by atoms with van der Waals surface area (Å²) in [6.45, 7) is 2.56. The number of hydrazone groups is 1. The highest BCUT2D eigenvalue weighted by Gasteiger charge is 2.42. The molecule has 0 amide bonds. The molecule has 0 aliphatic carbocycles. The zero-order valence-electron chi connectivity index (χ0n) is 15.4. The van der Waals surface area contributed by atoms with Crippen molar-refractivity contribution >= 4 is 17.0 Å². The smallest absolute Gasteiger partial charge is 0.223 e. The summed E-state index contributed by atoms with van der Waals surface area (Å²) in [6, 6.07) is 17.5. The number of phenols is 1. The Balaban J connectivity index is 1.61. The van der Waals surface area contributed by atoms with Gasteiger partial charge in [-0.3, -0.25) is 0 Å². The third kappa shape index (κ3) is 2.81. The SMILES string of the molecule is CCOc1cccc2c1O[C@H](c1cccs1)N1N=C(c3cccc(O)c3)C[C@@H]21. The highest BCUT2D eigenvalue weighted by Crippen LogP contribution is 2.51. The van der Waals surface area contributed by atoms with Crippen LogP contribution in [0.15, 0.2) is 65.1 Å². The predicted molar refractivity (Wildman–Crippen MR) is 109 cm³/mol. The Morgan fingerprint density at radius 2 is 2.11 bits per heavy atom. The zero-order valence-corrected chi connectivity index (χ0v) is 16.2. The summed E-state index contributed by atoms with van der Waals surface area (Å²) in [5.74, 6) is 1.82. The van der Waals surface area contributed by atoms with E-state index in [0.29, 0.717) is 6.61 Å². The van der Waals surface area contributed by atoms with E-state index in [1.807, 2.05) is 47.6 Å². The number of hydrogen-bond acceptors (Lipinski definition) is 6. The molecule has 2 aliphatic rings. The number of hydrogen-bond donors (Lipinski definition) is 1. The molecule has 1 N–H and O–H groups in total. The van der Waals surface area contributed by atoms with Crippen LogP contribution in [0.4, 0.5) is 0 Å².